The van der Waals surface area contributed by atoms with Gasteiger partial charge in [-0.3, -0.25) is 0 Å². The summed E-state index contributed by atoms with van der Waals surface area (Å²) in [7, 11) is 0. The van der Waals surface area contributed by atoms with Gasteiger partial charge >= 0.3 is 0 Å². The molecule has 1 aliphatic carbocycles. The average molecular weight is 401 g/mol. The maximum atomic E-state index is 6.26. The van der Waals surface area contributed by atoms with E-state index in [-0.39, 0.29) is 0 Å². The Morgan fingerprint density at radius 1 is 0.967 bits per heavy atom. The molecule has 0 fully saturated rings. The highest BCUT2D eigenvalue weighted by Gasteiger charge is 2.26. The van der Waals surface area contributed by atoms with E-state index in [0.29, 0.717) is 0 Å². The number of allylic oxidation sites excluding steroid dienone is 3. The first-order chi connectivity index (χ1) is 14.6. The van der Waals surface area contributed by atoms with Crippen LogP contribution in [-0.4, -0.2) is 36.0 Å². The van der Waals surface area contributed by atoms with Gasteiger partial charge < -0.3 is 21.3 Å². The summed E-state index contributed by atoms with van der Waals surface area (Å²) in [4.78, 5) is 4.95. The highest BCUT2D eigenvalue weighted by molar-refractivity contribution is 5.79. The first-order valence-corrected chi connectivity index (χ1v) is 11.0. The van der Waals surface area contributed by atoms with E-state index in [1.165, 1.54) is 33.0 Å². The Balaban J connectivity index is 1.88. The minimum Gasteiger partial charge on any atom is -0.399 e. The molecular weight excluding hydrogens is 368 g/mol. The van der Waals surface area contributed by atoms with Crippen LogP contribution in [0.15, 0.2) is 72.1 Å². The van der Waals surface area contributed by atoms with E-state index in [1.807, 2.05) is 6.07 Å². The second-order valence-electron chi connectivity index (χ2n) is 7.97. The zero-order valence-electron chi connectivity index (χ0n) is 18.1. The molecule has 4 nitrogen and oxygen atoms in total. The van der Waals surface area contributed by atoms with Crippen molar-refractivity contribution in [2.45, 2.75) is 26.7 Å². The zero-order valence-corrected chi connectivity index (χ0v) is 18.1. The molecule has 2 aromatic rings. The molecule has 1 aliphatic heterocycles. The molecule has 0 unspecified atom stereocenters. The van der Waals surface area contributed by atoms with Crippen molar-refractivity contribution in [3.63, 3.8) is 0 Å². The lowest BCUT2D eigenvalue weighted by atomic mass is 9.91. The van der Waals surface area contributed by atoms with Gasteiger partial charge in [0, 0.05) is 28.8 Å². The quantitative estimate of drug-likeness (QED) is 0.702. The summed E-state index contributed by atoms with van der Waals surface area (Å²) in [5, 5.41) is 2.48. The van der Waals surface area contributed by atoms with Crippen molar-refractivity contribution in [1.82, 2.24) is 9.80 Å². The second kappa shape index (κ2) is 8.80. The summed E-state index contributed by atoms with van der Waals surface area (Å²) in [6.07, 6.45) is 6.19. The largest absolute Gasteiger partial charge is 0.399 e. The molecule has 2 aromatic carbocycles. The van der Waals surface area contributed by atoms with E-state index in [0.717, 1.165) is 50.4 Å². The van der Waals surface area contributed by atoms with E-state index >= 15 is 0 Å². The molecule has 0 bridgehead atoms. The van der Waals surface area contributed by atoms with Gasteiger partial charge in [-0.15, -0.1) is 0 Å². The number of fused-ring (bicyclic) bond motifs is 2. The van der Waals surface area contributed by atoms with E-state index in [1.54, 1.807) is 0 Å². The fourth-order valence-corrected chi connectivity index (χ4v) is 4.54. The fourth-order valence-electron chi connectivity index (χ4n) is 4.54. The van der Waals surface area contributed by atoms with Crippen LogP contribution >= 0.6 is 0 Å². The Bertz CT molecular complexity index is 1090. The third kappa shape index (κ3) is 3.88. The van der Waals surface area contributed by atoms with Crippen LogP contribution in [0.25, 0.3) is 11.3 Å². The summed E-state index contributed by atoms with van der Waals surface area (Å²) in [6.45, 7) is 8.65. The Morgan fingerprint density at radius 2 is 1.73 bits per heavy atom. The van der Waals surface area contributed by atoms with E-state index in [2.05, 4.69) is 78.3 Å². The van der Waals surface area contributed by atoms with Crippen LogP contribution in [0, 0.1) is 0 Å². The second-order valence-corrected chi connectivity index (χ2v) is 7.97. The molecule has 1 heterocycles. The molecule has 4 rings (SSSR count). The van der Waals surface area contributed by atoms with Crippen LogP contribution in [0.4, 0.5) is 5.69 Å². The number of anilines is 1. The predicted molar refractivity (Wildman–Crippen MR) is 127 cm³/mol. The fraction of sp³-hybridized carbons (Fsp3) is 0.308. The van der Waals surface area contributed by atoms with Crippen molar-refractivity contribution < 1.29 is 0 Å². The van der Waals surface area contributed by atoms with Crippen molar-refractivity contribution in [2.24, 2.45) is 5.73 Å². The predicted octanol–water partition coefficient (Wildman–Crippen LogP) is 2.75. The maximum Gasteiger partial charge on any atom is 0.0564 e. The molecule has 0 saturated carbocycles. The third-order valence-electron chi connectivity index (χ3n) is 6.14. The van der Waals surface area contributed by atoms with E-state index < -0.39 is 0 Å². The number of nitrogen functional groups attached to an aromatic ring is 1. The van der Waals surface area contributed by atoms with Crippen LogP contribution in [0.3, 0.4) is 0 Å². The summed E-state index contributed by atoms with van der Waals surface area (Å²) in [6, 6.07) is 16.9. The molecule has 0 atom stereocenters. The molecular formula is C26H32N4. The minimum atomic E-state index is 0.796. The summed E-state index contributed by atoms with van der Waals surface area (Å²) in [5.41, 5.74) is 19.1. The van der Waals surface area contributed by atoms with Crippen molar-refractivity contribution in [3.8, 4) is 0 Å². The monoisotopic (exact) mass is 400 g/mol. The Morgan fingerprint density at radius 3 is 2.47 bits per heavy atom. The van der Waals surface area contributed by atoms with E-state index in [9.17, 15) is 0 Å². The number of nitrogens with zero attached hydrogens (tertiary/aromatic N) is 2. The van der Waals surface area contributed by atoms with Gasteiger partial charge in [0.15, 0.2) is 0 Å². The minimum absolute atomic E-state index is 0.796. The van der Waals surface area contributed by atoms with Crippen LogP contribution in [0.1, 0.15) is 32.3 Å². The molecule has 0 aromatic heterocycles. The first kappa shape index (κ1) is 20.3. The topological polar surface area (TPSA) is 58.5 Å². The van der Waals surface area contributed by atoms with Crippen molar-refractivity contribution in [2.75, 3.05) is 31.9 Å². The number of benzene rings is 2. The van der Waals surface area contributed by atoms with Gasteiger partial charge in [-0.25, -0.2) is 0 Å². The highest BCUT2D eigenvalue weighted by Crippen LogP contribution is 2.32. The SMILES string of the molecule is CCN(CC)CCCN1C2=CC(N)=CCC2=c2ccc(N)cc2=C1c1ccccc1. The molecule has 0 radical (unpaired) electrons. The molecule has 4 N–H and O–H groups in total. The van der Waals surface area contributed by atoms with Gasteiger partial charge in [0.1, 0.15) is 0 Å². The van der Waals surface area contributed by atoms with Crippen LogP contribution in [0.5, 0.6) is 0 Å². The van der Waals surface area contributed by atoms with E-state index in [4.69, 9.17) is 11.5 Å². The lowest BCUT2D eigenvalue weighted by Crippen LogP contribution is -2.43. The maximum absolute atomic E-state index is 6.26. The van der Waals surface area contributed by atoms with Gasteiger partial charge in [0.25, 0.3) is 0 Å². The standard InChI is InChI=1S/C26H32N4/c1-3-29(4-2)15-8-16-30-25-18-21(28)12-14-23(25)22-13-11-20(27)17-24(22)26(30)19-9-6-5-7-10-19/h5-7,9-13,17-18H,3-4,8,14-16,27-28H2,1-2H3. The van der Waals surface area contributed by atoms with Gasteiger partial charge in [-0.05, 0) is 67.0 Å². The zero-order chi connectivity index (χ0) is 21.1. The molecule has 4 heteroatoms. The molecule has 0 saturated heterocycles. The van der Waals surface area contributed by atoms with Crippen molar-refractivity contribution >= 4 is 17.0 Å². The average Bonchev–Trinajstić information content (AvgIpc) is 2.77. The van der Waals surface area contributed by atoms with Gasteiger partial charge in [0.05, 0.1) is 5.70 Å². The van der Waals surface area contributed by atoms with Crippen molar-refractivity contribution in [1.29, 1.82) is 0 Å². The Labute approximate surface area is 179 Å². The lowest BCUT2D eigenvalue weighted by Gasteiger charge is -2.36. The van der Waals surface area contributed by atoms with Gasteiger partial charge in [-0.2, -0.15) is 0 Å². The highest BCUT2D eigenvalue weighted by atomic mass is 15.2. The molecule has 30 heavy (non-hydrogen) atoms. The molecule has 156 valence electrons. The Hall–Kier alpha value is -2.98. The van der Waals surface area contributed by atoms with Crippen LogP contribution in [-0.2, 0) is 0 Å². The van der Waals surface area contributed by atoms with Gasteiger partial charge in [-0.1, -0.05) is 56.3 Å². The summed E-state index contributed by atoms with van der Waals surface area (Å²) >= 11 is 0. The van der Waals surface area contributed by atoms with Crippen LogP contribution in [0.2, 0.25) is 0 Å². The van der Waals surface area contributed by atoms with Crippen LogP contribution < -0.4 is 21.9 Å². The van der Waals surface area contributed by atoms with Crippen molar-refractivity contribution in [3.05, 3.63) is 88.1 Å². The summed E-state index contributed by atoms with van der Waals surface area (Å²) in [5.74, 6) is 0. The molecule has 0 amide bonds. The number of hydrogen-bond donors (Lipinski definition) is 2. The Kier molecular flexibility index (Phi) is 5.96. The number of rotatable bonds is 7. The number of nitrogens with two attached hydrogens (primary N) is 2. The first-order valence-electron chi connectivity index (χ1n) is 11.0. The van der Waals surface area contributed by atoms with Gasteiger partial charge in [0.2, 0.25) is 0 Å². The lowest BCUT2D eigenvalue weighted by molar-refractivity contribution is 0.288. The summed E-state index contributed by atoms with van der Waals surface area (Å²) < 4.78 is 0. The molecule has 0 spiro atoms. The smallest absolute Gasteiger partial charge is 0.0564 e. The number of hydrogen-bond acceptors (Lipinski definition) is 4. The normalized spacial score (nSPS) is 15.6. The molecule has 2 aliphatic rings. The third-order valence-corrected chi connectivity index (χ3v) is 6.14.